The molecule has 0 aliphatic rings. The second-order valence-electron chi connectivity index (χ2n) is 4.23. The first kappa shape index (κ1) is 13.1. The Hall–Kier alpha value is -1.91. The SMILES string of the molecule is Nc1sc(-c2ccccc2)nc1-c1ccc(F)c(Cl)c1. The van der Waals surface area contributed by atoms with Crippen LogP contribution >= 0.6 is 22.9 Å². The van der Waals surface area contributed by atoms with E-state index in [1.165, 1.54) is 23.5 Å². The molecule has 0 fully saturated rings. The van der Waals surface area contributed by atoms with E-state index < -0.39 is 5.82 Å². The monoisotopic (exact) mass is 304 g/mol. The largest absolute Gasteiger partial charge is 0.389 e. The Bertz CT molecular complexity index is 756. The minimum absolute atomic E-state index is 0.0659. The summed E-state index contributed by atoms with van der Waals surface area (Å²) in [6.45, 7) is 0. The third kappa shape index (κ3) is 2.40. The molecule has 2 nitrogen and oxygen atoms in total. The number of hydrogen-bond donors (Lipinski definition) is 1. The smallest absolute Gasteiger partial charge is 0.141 e. The maximum Gasteiger partial charge on any atom is 0.141 e. The zero-order chi connectivity index (χ0) is 14.1. The van der Waals surface area contributed by atoms with Gasteiger partial charge in [-0.3, -0.25) is 0 Å². The van der Waals surface area contributed by atoms with Gasteiger partial charge >= 0.3 is 0 Å². The summed E-state index contributed by atoms with van der Waals surface area (Å²) < 4.78 is 13.2. The van der Waals surface area contributed by atoms with E-state index in [1.54, 1.807) is 6.07 Å². The normalized spacial score (nSPS) is 10.7. The number of thiazole rings is 1. The summed E-state index contributed by atoms with van der Waals surface area (Å²) in [5.41, 5.74) is 8.37. The summed E-state index contributed by atoms with van der Waals surface area (Å²) in [6.07, 6.45) is 0. The fourth-order valence-electron chi connectivity index (χ4n) is 1.89. The minimum atomic E-state index is -0.451. The lowest BCUT2D eigenvalue weighted by Gasteiger charge is -2.00. The second-order valence-corrected chi connectivity index (χ2v) is 5.66. The molecule has 0 radical (unpaired) electrons. The third-order valence-electron chi connectivity index (χ3n) is 2.87. The molecule has 0 bridgehead atoms. The molecule has 0 aliphatic heterocycles. The van der Waals surface area contributed by atoms with E-state index in [0.717, 1.165) is 10.6 Å². The van der Waals surface area contributed by atoms with Gasteiger partial charge in [-0.1, -0.05) is 53.3 Å². The highest BCUT2D eigenvalue weighted by atomic mass is 35.5. The van der Waals surface area contributed by atoms with Crippen molar-refractivity contribution in [2.75, 3.05) is 5.73 Å². The predicted molar refractivity (Wildman–Crippen MR) is 82.4 cm³/mol. The number of hydrogen-bond acceptors (Lipinski definition) is 3. The summed E-state index contributed by atoms with van der Waals surface area (Å²) in [7, 11) is 0. The summed E-state index contributed by atoms with van der Waals surface area (Å²) in [5.74, 6) is -0.451. The molecule has 20 heavy (non-hydrogen) atoms. The molecular weight excluding hydrogens is 295 g/mol. The summed E-state index contributed by atoms with van der Waals surface area (Å²) >= 11 is 7.20. The molecule has 2 aromatic carbocycles. The van der Waals surface area contributed by atoms with Gasteiger partial charge < -0.3 is 5.73 Å². The van der Waals surface area contributed by atoms with E-state index in [1.807, 2.05) is 30.3 Å². The number of anilines is 1. The van der Waals surface area contributed by atoms with E-state index in [4.69, 9.17) is 17.3 Å². The van der Waals surface area contributed by atoms with Crippen LogP contribution in [-0.2, 0) is 0 Å². The van der Waals surface area contributed by atoms with Gasteiger partial charge in [-0.25, -0.2) is 9.37 Å². The van der Waals surface area contributed by atoms with Gasteiger partial charge in [0.05, 0.1) is 5.02 Å². The number of nitrogen functional groups attached to an aromatic ring is 1. The maximum absolute atomic E-state index is 13.2. The first-order valence-electron chi connectivity index (χ1n) is 5.92. The number of nitrogens with two attached hydrogens (primary N) is 1. The van der Waals surface area contributed by atoms with Crippen LogP contribution in [0.4, 0.5) is 9.39 Å². The molecule has 1 aromatic heterocycles. The van der Waals surface area contributed by atoms with Crippen molar-refractivity contribution in [2.24, 2.45) is 0 Å². The molecular formula is C15H10ClFN2S. The van der Waals surface area contributed by atoms with Crippen LogP contribution in [0.25, 0.3) is 21.8 Å². The fraction of sp³-hybridized carbons (Fsp3) is 0. The molecule has 0 spiro atoms. The van der Waals surface area contributed by atoms with Crippen molar-refractivity contribution in [1.29, 1.82) is 0 Å². The molecule has 0 saturated heterocycles. The summed E-state index contributed by atoms with van der Waals surface area (Å²) in [6, 6.07) is 14.3. The Morgan fingerprint density at radius 1 is 1.05 bits per heavy atom. The van der Waals surface area contributed by atoms with E-state index in [-0.39, 0.29) is 5.02 Å². The van der Waals surface area contributed by atoms with Crippen LogP contribution in [0.2, 0.25) is 5.02 Å². The van der Waals surface area contributed by atoms with E-state index in [9.17, 15) is 4.39 Å². The van der Waals surface area contributed by atoms with Crippen LogP contribution in [-0.4, -0.2) is 4.98 Å². The van der Waals surface area contributed by atoms with Crippen LogP contribution < -0.4 is 5.73 Å². The summed E-state index contributed by atoms with van der Waals surface area (Å²) in [4.78, 5) is 4.53. The number of halogens is 2. The molecule has 0 saturated carbocycles. The third-order valence-corrected chi connectivity index (χ3v) is 4.09. The van der Waals surface area contributed by atoms with Crippen LogP contribution in [0.1, 0.15) is 0 Å². The standard InChI is InChI=1S/C15H10ClFN2S/c16-11-8-10(6-7-12(11)17)13-14(18)20-15(19-13)9-4-2-1-3-5-9/h1-8H,18H2. The highest BCUT2D eigenvalue weighted by Gasteiger charge is 2.13. The quantitative estimate of drug-likeness (QED) is 0.735. The van der Waals surface area contributed by atoms with Crippen LogP contribution in [0.15, 0.2) is 48.5 Å². The Kier molecular flexibility index (Phi) is 3.42. The Morgan fingerprint density at radius 2 is 1.80 bits per heavy atom. The highest BCUT2D eigenvalue weighted by Crippen LogP contribution is 2.36. The maximum atomic E-state index is 13.2. The average molecular weight is 305 g/mol. The molecule has 3 aromatic rings. The number of rotatable bonds is 2. The van der Waals surface area contributed by atoms with Crippen molar-refractivity contribution >= 4 is 27.9 Å². The van der Waals surface area contributed by atoms with E-state index in [2.05, 4.69) is 4.98 Å². The summed E-state index contributed by atoms with van der Waals surface area (Å²) in [5, 5.41) is 1.49. The van der Waals surface area contributed by atoms with Crippen molar-refractivity contribution < 1.29 is 4.39 Å². The number of benzene rings is 2. The van der Waals surface area contributed by atoms with Gasteiger partial charge in [-0.2, -0.15) is 0 Å². The van der Waals surface area contributed by atoms with E-state index >= 15 is 0 Å². The first-order valence-corrected chi connectivity index (χ1v) is 7.12. The lowest BCUT2D eigenvalue weighted by atomic mass is 10.1. The van der Waals surface area contributed by atoms with Crippen LogP contribution in [0.5, 0.6) is 0 Å². The molecule has 100 valence electrons. The Morgan fingerprint density at radius 3 is 2.50 bits per heavy atom. The van der Waals surface area contributed by atoms with E-state index in [0.29, 0.717) is 16.3 Å². The number of nitrogens with zero attached hydrogens (tertiary/aromatic N) is 1. The second kappa shape index (κ2) is 5.23. The van der Waals surface area contributed by atoms with Gasteiger partial charge in [0.1, 0.15) is 21.5 Å². The van der Waals surface area contributed by atoms with Crippen LogP contribution in [0.3, 0.4) is 0 Å². The van der Waals surface area contributed by atoms with Gasteiger partial charge in [0.2, 0.25) is 0 Å². The fourth-order valence-corrected chi connectivity index (χ4v) is 2.93. The van der Waals surface area contributed by atoms with Gasteiger partial charge in [0, 0.05) is 11.1 Å². The highest BCUT2D eigenvalue weighted by molar-refractivity contribution is 7.19. The Labute approximate surface area is 124 Å². The van der Waals surface area contributed by atoms with Crippen molar-refractivity contribution in [1.82, 2.24) is 4.98 Å². The van der Waals surface area contributed by atoms with Crippen molar-refractivity contribution in [3.8, 4) is 21.8 Å². The van der Waals surface area contributed by atoms with Crippen molar-refractivity contribution in [2.45, 2.75) is 0 Å². The number of aromatic nitrogens is 1. The lowest BCUT2D eigenvalue weighted by molar-refractivity contribution is 0.628. The van der Waals surface area contributed by atoms with Crippen molar-refractivity contribution in [3.05, 3.63) is 59.4 Å². The molecule has 0 atom stereocenters. The lowest BCUT2D eigenvalue weighted by Crippen LogP contribution is -1.87. The van der Waals surface area contributed by atoms with Crippen molar-refractivity contribution in [3.63, 3.8) is 0 Å². The van der Waals surface area contributed by atoms with Gasteiger partial charge in [-0.05, 0) is 18.2 Å². The van der Waals surface area contributed by atoms with Gasteiger partial charge in [-0.15, -0.1) is 0 Å². The topological polar surface area (TPSA) is 38.9 Å². The van der Waals surface area contributed by atoms with Gasteiger partial charge in [0.25, 0.3) is 0 Å². The zero-order valence-corrected chi connectivity index (χ0v) is 11.9. The molecule has 2 N–H and O–H groups in total. The molecule has 5 heteroatoms. The Balaban J connectivity index is 2.07. The first-order chi connectivity index (χ1) is 9.65. The van der Waals surface area contributed by atoms with Crippen LogP contribution in [0, 0.1) is 5.82 Å². The minimum Gasteiger partial charge on any atom is -0.389 e. The predicted octanol–water partition coefficient (Wildman–Crippen LogP) is 4.85. The van der Waals surface area contributed by atoms with Gasteiger partial charge in [0.15, 0.2) is 0 Å². The molecule has 0 unspecified atom stereocenters. The molecule has 1 heterocycles. The molecule has 0 amide bonds. The average Bonchev–Trinajstić information content (AvgIpc) is 2.85. The zero-order valence-electron chi connectivity index (χ0n) is 10.3. The molecule has 0 aliphatic carbocycles. The molecule has 3 rings (SSSR count).